The first-order valence-corrected chi connectivity index (χ1v) is 18.2. The van der Waals surface area contributed by atoms with Crippen molar-refractivity contribution < 1.29 is 14.3 Å². The summed E-state index contributed by atoms with van der Waals surface area (Å²) in [6.45, 7) is 18.8. The predicted octanol–water partition coefficient (Wildman–Crippen LogP) is 11.4. The van der Waals surface area contributed by atoms with E-state index in [1.807, 2.05) is 45.0 Å². The Morgan fingerprint density at radius 3 is 2.43 bits per heavy atom. The van der Waals surface area contributed by atoms with Crippen molar-refractivity contribution in [2.75, 3.05) is 5.32 Å². The second-order valence-electron chi connectivity index (χ2n) is 17.0. The zero-order valence-corrected chi connectivity index (χ0v) is 29.3. The van der Waals surface area contributed by atoms with Gasteiger partial charge in [0.1, 0.15) is 5.60 Å². The number of rotatable bonds is 10. The van der Waals surface area contributed by atoms with Crippen LogP contribution < -0.4 is 5.32 Å². The lowest BCUT2D eigenvalue weighted by molar-refractivity contribution is -0.0668. The van der Waals surface area contributed by atoms with Crippen molar-refractivity contribution in [2.45, 2.75) is 151 Å². The maximum Gasteiger partial charge on any atom is 0.412 e. The van der Waals surface area contributed by atoms with Gasteiger partial charge < -0.3 is 9.47 Å². The van der Waals surface area contributed by atoms with Gasteiger partial charge in [-0.1, -0.05) is 84.1 Å². The smallest absolute Gasteiger partial charge is 0.412 e. The van der Waals surface area contributed by atoms with Gasteiger partial charge in [-0.25, -0.2) is 4.79 Å². The van der Waals surface area contributed by atoms with Gasteiger partial charge in [-0.15, -0.1) is 0 Å². The Balaban J connectivity index is 1.16. The zero-order valence-electron chi connectivity index (χ0n) is 29.3. The molecule has 0 heterocycles. The van der Waals surface area contributed by atoms with Gasteiger partial charge >= 0.3 is 6.09 Å². The van der Waals surface area contributed by atoms with E-state index >= 15 is 0 Å². The first kappa shape index (κ1) is 33.6. The molecule has 0 bridgehead atoms. The van der Waals surface area contributed by atoms with Crippen LogP contribution in [0.15, 0.2) is 35.9 Å². The Morgan fingerprint density at radius 2 is 1.75 bits per heavy atom. The molecule has 4 aliphatic carbocycles. The molecule has 4 aliphatic rings. The number of carbonyl (C=O) groups excluding carboxylic acids is 1. The Bertz CT molecular complexity index is 1150. The number of amides is 1. The number of ether oxygens (including phenoxy) is 2. The van der Waals surface area contributed by atoms with Gasteiger partial charge in [-0.3, -0.25) is 5.32 Å². The van der Waals surface area contributed by atoms with Gasteiger partial charge in [-0.05, 0) is 136 Å². The molecule has 1 aromatic carbocycles. The van der Waals surface area contributed by atoms with E-state index in [0.717, 1.165) is 59.6 Å². The molecule has 1 N–H and O–H groups in total. The fourth-order valence-electron chi connectivity index (χ4n) is 10.4. The predicted molar refractivity (Wildman–Crippen MR) is 183 cm³/mol. The third-order valence-corrected chi connectivity index (χ3v) is 12.7. The van der Waals surface area contributed by atoms with Crippen LogP contribution in [-0.4, -0.2) is 17.8 Å². The van der Waals surface area contributed by atoms with Crippen LogP contribution >= 0.6 is 0 Å². The van der Waals surface area contributed by atoms with Crippen LogP contribution in [0.5, 0.6) is 0 Å². The average molecular weight is 606 g/mol. The van der Waals surface area contributed by atoms with Crippen LogP contribution in [-0.2, 0) is 16.1 Å². The van der Waals surface area contributed by atoms with Gasteiger partial charge in [0.25, 0.3) is 0 Å². The summed E-state index contributed by atoms with van der Waals surface area (Å²) < 4.78 is 11.9. The number of benzene rings is 1. The van der Waals surface area contributed by atoms with E-state index in [-0.39, 0.29) is 0 Å². The van der Waals surface area contributed by atoms with Crippen molar-refractivity contribution >= 4 is 11.8 Å². The fourth-order valence-corrected chi connectivity index (χ4v) is 10.4. The van der Waals surface area contributed by atoms with Crippen LogP contribution in [0.25, 0.3) is 0 Å². The number of hydrogen-bond donors (Lipinski definition) is 1. The van der Waals surface area contributed by atoms with Gasteiger partial charge in [-0.2, -0.15) is 0 Å². The van der Waals surface area contributed by atoms with Crippen LogP contribution in [0.3, 0.4) is 0 Å². The molecule has 1 amide bonds. The molecule has 0 aliphatic heterocycles. The molecule has 1 aromatic rings. The summed E-state index contributed by atoms with van der Waals surface area (Å²) in [5.41, 5.74) is 3.99. The van der Waals surface area contributed by atoms with Crippen molar-refractivity contribution in [1.82, 2.24) is 0 Å². The summed E-state index contributed by atoms with van der Waals surface area (Å²) in [6.07, 6.45) is 18.8. The molecule has 0 radical (unpaired) electrons. The quantitative estimate of drug-likeness (QED) is 0.270. The molecular weight excluding hydrogens is 542 g/mol. The lowest BCUT2D eigenvalue weighted by atomic mass is 9.47. The SMILES string of the molecule is CCC(CCCC(C)C)C1CCC2C3CC=C4CC(OCc5ccc(NC(=O)OC(C)(C)C)cc5)CCC4(C)C3CCC12C. The van der Waals surface area contributed by atoms with Crippen molar-refractivity contribution in [3.8, 4) is 0 Å². The average Bonchev–Trinajstić information content (AvgIpc) is 3.31. The number of nitrogens with one attached hydrogen (secondary N) is 1. The van der Waals surface area contributed by atoms with Crippen molar-refractivity contribution in [2.24, 2.45) is 46.3 Å². The summed E-state index contributed by atoms with van der Waals surface area (Å²) in [7, 11) is 0. The van der Waals surface area contributed by atoms with Crippen LogP contribution in [0.1, 0.15) is 138 Å². The van der Waals surface area contributed by atoms with Crippen molar-refractivity contribution in [3.05, 3.63) is 41.5 Å². The summed E-state index contributed by atoms with van der Waals surface area (Å²) in [5, 5.41) is 2.82. The molecule has 8 unspecified atom stereocenters. The Morgan fingerprint density at radius 1 is 1.00 bits per heavy atom. The van der Waals surface area contributed by atoms with Crippen LogP contribution in [0.2, 0.25) is 0 Å². The van der Waals surface area contributed by atoms with Crippen molar-refractivity contribution in [1.29, 1.82) is 0 Å². The minimum atomic E-state index is -0.509. The molecule has 3 fully saturated rings. The highest BCUT2D eigenvalue weighted by atomic mass is 16.6. The lowest BCUT2D eigenvalue weighted by Crippen LogP contribution is -2.51. The molecule has 4 nitrogen and oxygen atoms in total. The van der Waals surface area contributed by atoms with E-state index in [0.29, 0.717) is 23.5 Å². The molecule has 44 heavy (non-hydrogen) atoms. The molecule has 3 saturated carbocycles. The summed E-state index contributed by atoms with van der Waals surface area (Å²) >= 11 is 0. The van der Waals surface area contributed by atoms with E-state index in [1.54, 1.807) is 5.57 Å². The molecule has 0 spiro atoms. The second-order valence-corrected chi connectivity index (χ2v) is 17.0. The van der Waals surface area contributed by atoms with E-state index in [4.69, 9.17) is 9.47 Å². The van der Waals surface area contributed by atoms with Gasteiger partial charge in [0.05, 0.1) is 12.7 Å². The second kappa shape index (κ2) is 13.5. The highest BCUT2D eigenvalue weighted by Crippen LogP contribution is 2.67. The molecule has 0 aromatic heterocycles. The number of anilines is 1. The Labute approximate surface area is 269 Å². The minimum Gasteiger partial charge on any atom is -0.444 e. The highest BCUT2D eigenvalue weighted by Gasteiger charge is 2.59. The van der Waals surface area contributed by atoms with Gasteiger partial charge in [0.15, 0.2) is 0 Å². The zero-order chi connectivity index (χ0) is 31.7. The van der Waals surface area contributed by atoms with Crippen LogP contribution in [0.4, 0.5) is 10.5 Å². The van der Waals surface area contributed by atoms with E-state index in [1.165, 1.54) is 64.2 Å². The monoisotopic (exact) mass is 605 g/mol. The van der Waals surface area contributed by atoms with Gasteiger partial charge in [0, 0.05) is 5.69 Å². The third kappa shape index (κ3) is 7.26. The normalized spacial score (nSPS) is 34.0. The maximum absolute atomic E-state index is 12.1. The van der Waals surface area contributed by atoms with Gasteiger partial charge in [0.2, 0.25) is 0 Å². The molecule has 8 atom stereocenters. The fraction of sp³-hybridized carbons (Fsp3) is 0.775. The number of hydrogen-bond acceptors (Lipinski definition) is 3. The molecule has 4 heteroatoms. The lowest BCUT2D eigenvalue weighted by Gasteiger charge is -2.58. The number of allylic oxidation sites excluding steroid dienone is 1. The van der Waals surface area contributed by atoms with E-state index < -0.39 is 11.7 Å². The number of carbonyl (C=O) groups is 1. The number of fused-ring (bicyclic) bond motifs is 5. The largest absolute Gasteiger partial charge is 0.444 e. The maximum atomic E-state index is 12.1. The van der Waals surface area contributed by atoms with Crippen molar-refractivity contribution in [3.63, 3.8) is 0 Å². The summed E-state index contributed by atoms with van der Waals surface area (Å²) in [6, 6.07) is 7.96. The topological polar surface area (TPSA) is 47.6 Å². The first-order chi connectivity index (χ1) is 20.8. The Kier molecular flexibility index (Phi) is 10.3. The Hall–Kier alpha value is -1.81. The van der Waals surface area contributed by atoms with E-state index in [2.05, 4.69) is 46.0 Å². The minimum absolute atomic E-state index is 0.298. The highest BCUT2D eigenvalue weighted by molar-refractivity contribution is 5.84. The summed E-state index contributed by atoms with van der Waals surface area (Å²) in [4.78, 5) is 12.1. The summed E-state index contributed by atoms with van der Waals surface area (Å²) in [5.74, 6) is 5.35. The first-order valence-electron chi connectivity index (χ1n) is 18.2. The molecule has 0 saturated heterocycles. The molecule has 246 valence electrons. The van der Waals surface area contributed by atoms with E-state index in [9.17, 15) is 4.79 Å². The third-order valence-electron chi connectivity index (χ3n) is 12.7. The molecular formula is C40H63NO3. The van der Waals surface area contributed by atoms with Crippen LogP contribution in [0, 0.1) is 46.3 Å². The molecule has 5 rings (SSSR count). The standard InChI is InChI=1S/C40H63NO3/c1-9-29(12-10-11-27(2)3)34-19-20-35-33-18-15-30-25-32(21-23-39(30,7)36(33)22-24-40(34,35)8)43-26-28-13-16-31(17-14-28)41-37(42)44-38(4,5)6/h13-17,27,29,32-36H,9-12,18-26H2,1-8H3,(H,41,42).